The van der Waals surface area contributed by atoms with Crippen molar-refractivity contribution in [1.82, 2.24) is 10.5 Å². The predicted octanol–water partition coefficient (Wildman–Crippen LogP) is 3.33. The van der Waals surface area contributed by atoms with Gasteiger partial charge >= 0.3 is 6.03 Å². The minimum Gasteiger partial charge on any atom is -0.508 e. The van der Waals surface area contributed by atoms with E-state index in [1.165, 1.54) is 0 Å². The van der Waals surface area contributed by atoms with Crippen LogP contribution in [-0.4, -0.2) is 53.4 Å². The standard InChI is InChI=1S/C24H27N3O6/c1-31-19-7-5-16(6-8-19)26-24(30)25-14-23-21(29)10-9-20(32-23)12-17-13-22(33-27-17)15-3-2-4-18(28)11-15/h2-8,11,13,20-21,23,28-29H,9-10,12,14H2,1H3,(H2,25,26,30). The summed E-state index contributed by atoms with van der Waals surface area (Å²) in [7, 11) is 1.58. The molecule has 4 rings (SSSR count). The highest BCUT2D eigenvalue weighted by Crippen LogP contribution is 2.26. The number of nitrogens with one attached hydrogen (secondary N) is 2. The molecule has 2 aromatic carbocycles. The lowest BCUT2D eigenvalue weighted by Crippen LogP contribution is -2.47. The van der Waals surface area contributed by atoms with Crippen LogP contribution in [0.2, 0.25) is 0 Å². The van der Waals surface area contributed by atoms with Crippen LogP contribution in [0.25, 0.3) is 11.3 Å². The summed E-state index contributed by atoms with van der Waals surface area (Å²) in [6.07, 6.45) is 0.402. The van der Waals surface area contributed by atoms with Gasteiger partial charge in [0.25, 0.3) is 0 Å². The number of urea groups is 1. The number of carbonyl (C=O) groups is 1. The van der Waals surface area contributed by atoms with Crippen LogP contribution in [0.5, 0.6) is 11.5 Å². The highest BCUT2D eigenvalue weighted by Gasteiger charge is 2.31. The second-order valence-electron chi connectivity index (χ2n) is 7.94. The molecule has 1 aliphatic rings. The van der Waals surface area contributed by atoms with E-state index in [0.717, 1.165) is 11.3 Å². The number of rotatable bonds is 7. The third-order valence-electron chi connectivity index (χ3n) is 5.52. The van der Waals surface area contributed by atoms with Gasteiger partial charge in [0.2, 0.25) is 0 Å². The SMILES string of the molecule is COc1ccc(NC(=O)NCC2OC(Cc3cc(-c4cccc(O)c4)on3)CCC2O)cc1. The van der Waals surface area contributed by atoms with Gasteiger partial charge in [0.05, 0.1) is 25.0 Å². The van der Waals surface area contributed by atoms with Crippen LogP contribution in [0.4, 0.5) is 10.5 Å². The third kappa shape index (κ3) is 6.03. The average Bonchev–Trinajstić information content (AvgIpc) is 3.28. The molecule has 4 N–H and O–H groups in total. The molecule has 2 amide bonds. The maximum atomic E-state index is 12.2. The topological polar surface area (TPSA) is 126 Å². The summed E-state index contributed by atoms with van der Waals surface area (Å²) in [5.74, 6) is 1.42. The zero-order chi connectivity index (χ0) is 23.2. The predicted molar refractivity (Wildman–Crippen MR) is 121 cm³/mol. The molecule has 1 fully saturated rings. The second-order valence-corrected chi connectivity index (χ2v) is 7.94. The van der Waals surface area contributed by atoms with E-state index in [1.54, 1.807) is 49.6 Å². The number of benzene rings is 2. The second kappa shape index (κ2) is 10.4. The molecule has 0 radical (unpaired) electrons. The molecule has 1 aliphatic heterocycles. The summed E-state index contributed by atoms with van der Waals surface area (Å²) in [6, 6.07) is 15.2. The molecule has 3 aromatic rings. The minimum absolute atomic E-state index is 0.154. The number of amides is 2. The van der Waals surface area contributed by atoms with E-state index in [4.69, 9.17) is 14.0 Å². The van der Waals surface area contributed by atoms with Gasteiger partial charge in [-0.3, -0.25) is 0 Å². The van der Waals surface area contributed by atoms with Crippen LogP contribution in [0.15, 0.2) is 59.1 Å². The van der Waals surface area contributed by atoms with Gasteiger partial charge in [-0.15, -0.1) is 0 Å². The fraction of sp³-hybridized carbons (Fsp3) is 0.333. The van der Waals surface area contributed by atoms with Crippen molar-refractivity contribution in [2.24, 2.45) is 0 Å². The Morgan fingerprint density at radius 1 is 1.18 bits per heavy atom. The van der Waals surface area contributed by atoms with E-state index in [1.807, 2.05) is 12.1 Å². The maximum absolute atomic E-state index is 12.2. The number of ether oxygens (including phenoxy) is 2. The van der Waals surface area contributed by atoms with E-state index in [-0.39, 0.29) is 24.4 Å². The molecule has 3 unspecified atom stereocenters. The number of phenols is 1. The van der Waals surface area contributed by atoms with Gasteiger partial charge in [0.15, 0.2) is 5.76 Å². The molecular weight excluding hydrogens is 426 g/mol. The first kappa shape index (κ1) is 22.6. The number of aromatic nitrogens is 1. The Morgan fingerprint density at radius 3 is 2.76 bits per heavy atom. The van der Waals surface area contributed by atoms with Crippen molar-refractivity contribution in [3.8, 4) is 22.8 Å². The van der Waals surface area contributed by atoms with Gasteiger partial charge in [0.1, 0.15) is 17.6 Å². The van der Waals surface area contributed by atoms with E-state index in [2.05, 4.69) is 15.8 Å². The summed E-state index contributed by atoms with van der Waals surface area (Å²) in [6.45, 7) is 0.174. The average molecular weight is 453 g/mol. The summed E-state index contributed by atoms with van der Waals surface area (Å²) in [5.41, 5.74) is 2.09. The fourth-order valence-electron chi connectivity index (χ4n) is 3.76. The zero-order valence-electron chi connectivity index (χ0n) is 18.2. The number of hydrogen-bond acceptors (Lipinski definition) is 7. The number of nitrogens with zero attached hydrogens (tertiary/aromatic N) is 1. The lowest BCUT2D eigenvalue weighted by Gasteiger charge is -2.33. The van der Waals surface area contributed by atoms with Crippen LogP contribution in [0, 0.1) is 0 Å². The summed E-state index contributed by atoms with van der Waals surface area (Å²) in [5, 5.41) is 29.6. The van der Waals surface area contributed by atoms with Gasteiger partial charge < -0.3 is 34.8 Å². The van der Waals surface area contributed by atoms with Gasteiger partial charge in [-0.05, 0) is 49.2 Å². The molecule has 2 heterocycles. The van der Waals surface area contributed by atoms with Crippen LogP contribution in [0.1, 0.15) is 18.5 Å². The Labute approximate surface area is 191 Å². The Kier molecular flexibility index (Phi) is 7.11. The molecule has 9 nitrogen and oxygen atoms in total. The Bertz CT molecular complexity index is 1070. The number of anilines is 1. The van der Waals surface area contributed by atoms with Crippen LogP contribution < -0.4 is 15.4 Å². The number of aliphatic hydroxyl groups is 1. The van der Waals surface area contributed by atoms with Crippen molar-refractivity contribution in [3.05, 3.63) is 60.3 Å². The number of aliphatic hydroxyl groups excluding tert-OH is 1. The molecular formula is C24H27N3O6. The first-order chi connectivity index (χ1) is 16.0. The quantitative estimate of drug-likeness (QED) is 0.432. The van der Waals surface area contributed by atoms with Crippen molar-refractivity contribution in [3.63, 3.8) is 0 Å². The molecule has 0 spiro atoms. The fourth-order valence-corrected chi connectivity index (χ4v) is 3.76. The summed E-state index contributed by atoms with van der Waals surface area (Å²) >= 11 is 0. The largest absolute Gasteiger partial charge is 0.508 e. The molecule has 1 aromatic heterocycles. The van der Waals surface area contributed by atoms with E-state index >= 15 is 0 Å². The number of phenolic OH excluding ortho intramolecular Hbond substituents is 1. The summed E-state index contributed by atoms with van der Waals surface area (Å²) in [4.78, 5) is 12.2. The van der Waals surface area contributed by atoms with Gasteiger partial charge in [0, 0.05) is 30.3 Å². The van der Waals surface area contributed by atoms with Crippen molar-refractivity contribution in [2.45, 2.75) is 37.6 Å². The number of carbonyl (C=O) groups excluding carboxylic acids is 1. The minimum atomic E-state index is -0.664. The zero-order valence-corrected chi connectivity index (χ0v) is 18.2. The normalized spacial score (nSPS) is 20.2. The lowest BCUT2D eigenvalue weighted by molar-refractivity contribution is -0.113. The van der Waals surface area contributed by atoms with E-state index < -0.39 is 12.2 Å². The molecule has 0 aliphatic carbocycles. The number of methoxy groups -OCH3 is 1. The summed E-state index contributed by atoms with van der Waals surface area (Å²) < 4.78 is 16.5. The first-order valence-electron chi connectivity index (χ1n) is 10.8. The molecule has 9 heteroatoms. The highest BCUT2D eigenvalue weighted by molar-refractivity contribution is 5.89. The molecule has 3 atom stereocenters. The molecule has 174 valence electrons. The van der Waals surface area contributed by atoms with E-state index in [9.17, 15) is 15.0 Å². The molecule has 33 heavy (non-hydrogen) atoms. The van der Waals surface area contributed by atoms with Gasteiger partial charge in [-0.1, -0.05) is 17.3 Å². The monoisotopic (exact) mass is 453 g/mol. The van der Waals surface area contributed by atoms with Crippen molar-refractivity contribution in [2.75, 3.05) is 19.0 Å². The van der Waals surface area contributed by atoms with Gasteiger partial charge in [-0.2, -0.15) is 0 Å². The van der Waals surface area contributed by atoms with E-state index in [0.29, 0.717) is 36.5 Å². The van der Waals surface area contributed by atoms with Crippen molar-refractivity contribution < 1.29 is 29.0 Å². The lowest BCUT2D eigenvalue weighted by atomic mass is 9.98. The molecule has 0 saturated carbocycles. The Morgan fingerprint density at radius 2 is 2.00 bits per heavy atom. The Hall–Kier alpha value is -3.56. The highest BCUT2D eigenvalue weighted by atomic mass is 16.5. The smallest absolute Gasteiger partial charge is 0.319 e. The number of hydrogen-bond donors (Lipinski definition) is 4. The Balaban J connectivity index is 1.28. The van der Waals surface area contributed by atoms with Crippen molar-refractivity contribution >= 4 is 11.7 Å². The van der Waals surface area contributed by atoms with Gasteiger partial charge in [-0.25, -0.2) is 4.79 Å². The first-order valence-corrected chi connectivity index (χ1v) is 10.8. The van der Waals surface area contributed by atoms with Crippen LogP contribution in [-0.2, 0) is 11.2 Å². The third-order valence-corrected chi connectivity index (χ3v) is 5.52. The van der Waals surface area contributed by atoms with Crippen LogP contribution in [0.3, 0.4) is 0 Å². The van der Waals surface area contributed by atoms with Crippen LogP contribution >= 0.6 is 0 Å². The number of aromatic hydroxyl groups is 1. The van der Waals surface area contributed by atoms with Crippen molar-refractivity contribution in [1.29, 1.82) is 0 Å². The maximum Gasteiger partial charge on any atom is 0.319 e. The molecule has 1 saturated heterocycles. The molecule has 0 bridgehead atoms.